The third-order valence-corrected chi connectivity index (χ3v) is 5.89. The third kappa shape index (κ3) is 5.55. The van der Waals surface area contributed by atoms with Crippen molar-refractivity contribution < 1.29 is 26.4 Å². The Balaban J connectivity index is 1.64. The number of amides is 1. The van der Waals surface area contributed by atoms with E-state index in [1.807, 2.05) is 0 Å². The minimum absolute atomic E-state index is 0.0245. The van der Waals surface area contributed by atoms with Crippen LogP contribution in [0.2, 0.25) is 0 Å². The second kappa shape index (κ2) is 8.21. The molecule has 0 saturated heterocycles. The number of carbonyl (C=O) groups is 1. The average Bonchev–Trinajstić information content (AvgIpc) is 3.14. The molecule has 152 valence electrons. The number of hydrogen-bond acceptors (Lipinski definition) is 5. The number of carbonyl (C=O) groups excluding carboxylic acids is 1. The monoisotopic (exact) mass is 441 g/mol. The molecule has 6 nitrogen and oxygen atoms in total. The first-order valence-electron chi connectivity index (χ1n) is 8.12. The van der Waals surface area contributed by atoms with Crippen LogP contribution in [0.1, 0.15) is 11.1 Å². The van der Waals surface area contributed by atoms with E-state index in [0.29, 0.717) is 5.69 Å². The third-order valence-electron chi connectivity index (χ3n) is 3.72. The summed E-state index contributed by atoms with van der Waals surface area (Å²) in [6.45, 7) is 0. The number of anilines is 2. The summed E-state index contributed by atoms with van der Waals surface area (Å²) in [5, 5.41) is 4.38. The minimum Gasteiger partial charge on any atom is -0.326 e. The zero-order chi connectivity index (χ0) is 21.1. The standard InChI is InChI=1S/C18H14F3N3O3S2/c19-18(20,21)13-3-1-2-12(10-13)11-16(25)23-14-4-6-15(7-5-14)29(26,27)24-17-22-8-9-28-17/h1-10H,11H2,(H,22,24)(H,23,25). The fraction of sp³-hybridized carbons (Fsp3) is 0.111. The molecule has 3 aromatic rings. The molecule has 0 radical (unpaired) electrons. The number of nitrogens with zero attached hydrogens (tertiary/aromatic N) is 1. The largest absolute Gasteiger partial charge is 0.416 e. The van der Waals surface area contributed by atoms with Gasteiger partial charge in [-0.2, -0.15) is 13.2 Å². The van der Waals surface area contributed by atoms with Crippen molar-refractivity contribution in [1.29, 1.82) is 0 Å². The molecule has 0 fully saturated rings. The van der Waals surface area contributed by atoms with Crippen molar-refractivity contribution in [2.75, 3.05) is 10.0 Å². The van der Waals surface area contributed by atoms with Gasteiger partial charge in [0, 0.05) is 17.3 Å². The number of sulfonamides is 1. The Kier molecular flexibility index (Phi) is 5.89. The zero-order valence-electron chi connectivity index (χ0n) is 14.6. The van der Waals surface area contributed by atoms with E-state index in [-0.39, 0.29) is 22.0 Å². The Bertz CT molecular complexity index is 1100. The Morgan fingerprint density at radius 2 is 1.83 bits per heavy atom. The van der Waals surface area contributed by atoms with Crippen molar-refractivity contribution >= 4 is 38.1 Å². The second-order valence-electron chi connectivity index (χ2n) is 5.89. The first-order valence-corrected chi connectivity index (χ1v) is 10.5. The Hall–Kier alpha value is -2.92. The number of alkyl halides is 3. The van der Waals surface area contributed by atoms with Crippen LogP contribution in [0.15, 0.2) is 65.0 Å². The number of benzene rings is 2. The summed E-state index contributed by atoms with van der Waals surface area (Å²) >= 11 is 1.13. The zero-order valence-corrected chi connectivity index (χ0v) is 16.2. The lowest BCUT2D eigenvalue weighted by Gasteiger charge is -2.10. The van der Waals surface area contributed by atoms with Crippen molar-refractivity contribution in [3.63, 3.8) is 0 Å². The second-order valence-corrected chi connectivity index (χ2v) is 8.47. The Morgan fingerprint density at radius 1 is 1.10 bits per heavy atom. The highest BCUT2D eigenvalue weighted by Gasteiger charge is 2.30. The molecule has 1 aromatic heterocycles. The van der Waals surface area contributed by atoms with Crippen LogP contribution in [0, 0.1) is 0 Å². The predicted molar refractivity (Wildman–Crippen MR) is 103 cm³/mol. The summed E-state index contributed by atoms with van der Waals surface area (Å²) in [6.07, 6.45) is -3.28. The van der Waals surface area contributed by atoms with Gasteiger partial charge in [0.2, 0.25) is 5.91 Å². The van der Waals surface area contributed by atoms with Crippen molar-refractivity contribution in [3.8, 4) is 0 Å². The Morgan fingerprint density at radius 3 is 2.45 bits per heavy atom. The van der Waals surface area contributed by atoms with Gasteiger partial charge in [-0.05, 0) is 35.9 Å². The summed E-state index contributed by atoms with van der Waals surface area (Å²) in [6, 6.07) is 9.89. The van der Waals surface area contributed by atoms with E-state index < -0.39 is 27.7 Å². The highest BCUT2D eigenvalue weighted by molar-refractivity contribution is 7.93. The molecular weight excluding hydrogens is 427 g/mol. The van der Waals surface area contributed by atoms with E-state index in [1.54, 1.807) is 5.38 Å². The van der Waals surface area contributed by atoms with E-state index in [4.69, 9.17) is 0 Å². The fourth-order valence-corrected chi connectivity index (χ4v) is 4.20. The van der Waals surface area contributed by atoms with Crippen molar-refractivity contribution in [3.05, 3.63) is 71.2 Å². The van der Waals surface area contributed by atoms with Crippen molar-refractivity contribution in [2.45, 2.75) is 17.5 Å². The van der Waals surface area contributed by atoms with Crippen LogP contribution in [-0.4, -0.2) is 19.3 Å². The smallest absolute Gasteiger partial charge is 0.326 e. The number of aromatic nitrogens is 1. The van der Waals surface area contributed by atoms with Crippen LogP contribution in [0.25, 0.3) is 0 Å². The molecule has 2 aromatic carbocycles. The van der Waals surface area contributed by atoms with Gasteiger partial charge >= 0.3 is 6.18 Å². The maximum atomic E-state index is 12.7. The lowest BCUT2D eigenvalue weighted by atomic mass is 10.1. The number of nitrogens with one attached hydrogen (secondary N) is 2. The highest BCUT2D eigenvalue weighted by atomic mass is 32.2. The van der Waals surface area contributed by atoms with Crippen molar-refractivity contribution in [2.24, 2.45) is 0 Å². The first-order chi connectivity index (χ1) is 13.6. The van der Waals surface area contributed by atoms with E-state index in [1.165, 1.54) is 42.6 Å². The van der Waals surface area contributed by atoms with Gasteiger partial charge < -0.3 is 5.32 Å². The molecular formula is C18H14F3N3O3S2. The first kappa shape index (κ1) is 20.8. The average molecular weight is 441 g/mol. The molecule has 0 aliphatic carbocycles. The molecule has 0 bridgehead atoms. The maximum absolute atomic E-state index is 12.7. The molecule has 0 unspecified atom stereocenters. The van der Waals surface area contributed by atoms with Gasteiger partial charge in [0.05, 0.1) is 16.9 Å². The van der Waals surface area contributed by atoms with Crippen molar-refractivity contribution in [1.82, 2.24) is 4.98 Å². The van der Waals surface area contributed by atoms with Crippen LogP contribution in [0.5, 0.6) is 0 Å². The topological polar surface area (TPSA) is 88.2 Å². The van der Waals surface area contributed by atoms with Gasteiger partial charge in [-0.25, -0.2) is 13.4 Å². The van der Waals surface area contributed by atoms with E-state index in [2.05, 4.69) is 15.0 Å². The summed E-state index contributed by atoms with van der Waals surface area (Å²) in [4.78, 5) is 15.9. The van der Waals surface area contributed by atoms with E-state index in [0.717, 1.165) is 23.5 Å². The van der Waals surface area contributed by atoms with Gasteiger partial charge in [-0.1, -0.05) is 18.2 Å². The van der Waals surface area contributed by atoms with Crippen LogP contribution in [0.3, 0.4) is 0 Å². The molecule has 3 rings (SSSR count). The minimum atomic E-state index is -4.49. The van der Waals surface area contributed by atoms with Gasteiger partial charge in [0.25, 0.3) is 10.0 Å². The molecule has 0 saturated carbocycles. The molecule has 0 aliphatic heterocycles. The lowest BCUT2D eigenvalue weighted by molar-refractivity contribution is -0.137. The Labute approximate surface area is 168 Å². The number of hydrogen-bond donors (Lipinski definition) is 2. The number of halogens is 3. The summed E-state index contributed by atoms with van der Waals surface area (Å²) in [5.41, 5.74) is -0.301. The molecule has 0 aliphatic rings. The highest BCUT2D eigenvalue weighted by Crippen LogP contribution is 2.29. The van der Waals surface area contributed by atoms with Gasteiger partial charge in [-0.3, -0.25) is 9.52 Å². The molecule has 11 heteroatoms. The van der Waals surface area contributed by atoms with Crippen LogP contribution in [-0.2, 0) is 27.4 Å². The number of rotatable bonds is 6. The fourth-order valence-electron chi connectivity index (χ4n) is 2.41. The quantitative estimate of drug-likeness (QED) is 0.602. The summed E-state index contributed by atoms with van der Waals surface area (Å²) < 4.78 is 65.1. The molecule has 1 heterocycles. The van der Waals surface area contributed by atoms with Crippen LogP contribution in [0.4, 0.5) is 24.0 Å². The van der Waals surface area contributed by atoms with E-state index in [9.17, 15) is 26.4 Å². The predicted octanol–water partition coefficient (Wildman–Crippen LogP) is 4.14. The number of thiazole rings is 1. The normalized spacial score (nSPS) is 11.8. The molecule has 1 amide bonds. The van der Waals surface area contributed by atoms with Gasteiger partial charge in [0.1, 0.15) is 0 Å². The molecule has 29 heavy (non-hydrogen) atoms. The molecule has 0 spiro atoms. The van der Waals surface area contributed by atoms with Gasteiger partial charge in [0.15, 0.2) is 5.13 Å². The van der Waals surface area contributed by atoms with E-state index >= 15 is 0 Å². The van der Waals surface area contributed by atoms with Gasteiger partial charge in [-0.15, -0.1) is 11.3 Å². The molecule has 2 N–H and O–H groups in total. The van der Waals surface area contributed by atoms with Crippen LogP contribution >= 0.6 is 11.3 Å². The summed E-state index contributed by atoms with van der Waals surface area (Å²) in [5.74, 6) is -0.527. The SMILES string of the molecule is O=C(Cc1cccc(C(F)(F)F)c1)Nc1ccc(S(=O)(=O)Nc2nccs2)cc1. The van der Waals surface area contributed by atoms with Crippen LogP contribution < -0.4 is 10.0 Å². The summed E-state index contributed by atoms with van der Waals surface area (Å²) in [7, 11) is -3.82. The maximum Gasteiger partial charge on any atom is 0.416 e. The molecule has 0 atom stereocenters. The lowest BCUT2D eigenvalue weighted by Crippen LogP contribution is -2.16.